The smallest absolute Gasteiger partial charge is 0.308 e. The Kier molecular flexibility index (Phi) is 8.45. The van der Waals surface area contributed by atoms with Crippen molar-refractivity contribution in [2.45, 2.75) is 44.7 Å². The van der Waals surface area contributed by atoms with Crippen LogP contribution in [0.15, 0.2) is 71.9 Å². The zero-order valence-electron chi connectivity index (χ0n) is 22.6. The number of fused-ring (bicyclic) bond motifs is 1. The molecule has 2 aliphatic rings. The van der Waals surface area contributed by atoms with Crippen molar-refractivity contribution in [1.29, 1.82) is 0 Å². The number of nitrogens with one attached hydrogen (secondary N) is 1. The number of aryl methyl sites for hydroxylation is 1. The van der Waals surface area contributed by atoms with Gasteiger partial charge in [-0.3, -0.25) is 19.3 Å². The molecule has 1 aromatic carbocycles. The first-order chi connectivity index (χ1) is 19.5. The summed E-state index contributed by atoms with van der Waals surface area (Å²) in [5, 5.41) is 10.5. The van der Waals surface area contributed by atoms with Crippen molar-refractivity contribution in [1.82, 2.24) is 9.47 Å². The summed E-state index contributed by atoms with van der Waals surface area (Å²) in [6, 6.07) is 13.8. The zero-order chi connectivity index (χ0) is 28.1. The third-order valence-corrected chi connectivity index (χ3v) is 7.80. The van der Waals surface area contributed by atoms with Crippen molar-refractivity contribution in [2.24, 2.45) is 5.92 Å². The molecule has 0 radical (unpaired) electrons. The number of aromatic amines is 1. The molecule has 10 heteroatoms. The summed E-state index contributed by atoms with van der Waals surface area (Å²) < 4.78 is 12.6. The molecule has 0 unspecified atom stereocenters. The molecule has 40 heavy (non-hydrogen) atoms. The lowest BCUT2D eigenvalue weighted by atomic mass is 9.84. The Balaban J connectivity index is 1.45. The largest absolute Gasteiger partial charge is 0.481 e. The summed E-state index contributed by atoms with van der Waals surface area (Å²) in [5.41, 5.74) is 1.46. The molecule has 5 rings (SSSR count). The quantitative estimate of drug-likeness (QED) is 0.393. The summed E-state index contributed by atoms with van der Waals surface area (Å²) >= 11 is 0. The highest BCUT2D eigenvalue weighted by Gasteiger charge is 2.47. The van der Waals surface area contributed by atoms with Crippen molar-refractivity contribution in [2.75, 3.05) is 31.3 Å². The number of hydrogen-bond acceptors (Lipinski definition) is 6. The van der Waals surface area contributed by atoms with Crippen LogP contribution in [0.1, 0.15) is 37.7 Å². The molecule has 1 amide bonds. The Labute approximate surface area is 232 Å². The fraction of sp³-hybridized carbons (Fsp3) is 0.400. The predicted octanol–water partition coefficient (Wildman–Crippen LogP) is 2.78. The number of anilines is 1. The average molecular weight is 548 g/mol. The van der Waals surface area contributed by atoms with Gasteiger partial charge in [-0.15, -0.1) is 0 Å². The fourth-order valence-corrected chi connectivity index (χ4v) is 5.78. The Bertz CT molecular complexity index is 1390. The van der Waals surface area contributed by atoms with Gasteiger partial charge in [0.05, 0.1) is 12.5 Å². The summed E-state index contributed by atoms with van der Waals surface area (Å²) in [6.45, 7) is 3.58. The van der Waals surface area contributed by atoms with E-state index in [0.717, 1.165) is 24.1 Å². The molecule has 2 aromatic heterocycles. The second-order valence-electron chi connectivity index (χ2n) is 10.3. The highest BCUT2D eigenvalue weighted by molar-refractivity contribution is 5.94. The van der Waals surface area contributed by atoms with Crippen LogP contribution in [-0.2, 0) is 16.1 Å². The van der Waals surface area contributed by atoms with E-state index in [0.29, 0.717) is 37.6 Å². The first-order valence-corrected chi connectivity index (χ1v) is 13.7. The number of amides is 1. The molecular formula is C30H35N4O6+. The van der Waals surface area contributed by atoms with E-state index in [9.17, 15) is 19.5 Å². The first kappa shape index (κ1) is 27.4. The molecule has 3 aromatic rings. The Hall–Kier alpha value is -4.18. The van der Waals surface area contributed by atoms with Gasteiger partial charge in [-0.1, -0.05) is 25.5 Å². The molecule has 3 atom stereocenters. The van der Waals surface area contributed by atoms with Gasteiger partial charge in [0.1, 0.15) is 5.69 Å². The number of carbonyl (C=O) groups excluding carboxylic acids is 1. The summed E-state index contributed by atoms with van der Waals surface area (Å²) in [7, 11) is 0. The summed E-state index contributed by atoms with van der Waals surface area (Å²) in [5.74, 6) is -0.941. The molecule has 2 aliphatic heterocycles. The third-order valence-electron chi connectivity index (χ3n) is 7.80. The van der Waals surface area contributed by atoms with Crippen LogP contribution in [0.5, 0.6) is 11.5 Å². The summed E-state index contributed by atoms with van der Waals surface area (Å²) in [4.78, 5) is 45.8. The van der Waals surface area contributed by atoms with Crippen molar-refractivity contribution in [3.05, 3.63) is 83.0 Å². The van der Waals surface area contributed by atoms with E-state index in [-0.39, 0.29) is 30.7 Å². The highest BCUT2D eigenvalue weighted by Crippen LogP contribution is 2.42. The maximum atomic E-state index is 13.8. The molecule has 0 bridgehead atoms. The number of aromatic nitrogens is 2. The van der Waals surface area contributed by atoms with Gasteiger partial charge in [0.15, 0.2) is 23.9 Å². The number of rotatable bonds is 11. The van der Waals surface area contributed by atoms with E-state index in [2.05, 4.69) is 11.9 Å². The molecule has 2 N–H and O–H groups in total. The van der Waals surface area contributed by atoms with Crippen LogP contribution in [0.25, 0.3) is 0 Å². The maximum absolute atomic E-state index is 13.8. The molecule has 0 spiro atoms. The van der Waals surface area contributed by atoms with Crippen molar-refractivity contribution < 1.29 is 29.2 Å². The topological polar surface area (TPSA) is 115 Å². The van der Waals surface area contributed by atoms with Crippen molar-refractivity contribution >= 4 is 17.6 Å². The first-order valence-electron chi connectivity index (χ1n) is 13.7. The van der Waals surface area contributed by atoms with Gasteiger partial charge < -0.3 is 24.0 Å². The molecule has 0 aliphatic carbocycles. The number of benzene rings is 1. The molecule has 1 fully saturated rings. The van der Waals surface area contributed by atoms with Crippen LogP contribution in [-0.4, -0.2) is 58.9 Å². The van der Waals surface area contributed by atoms with E-state index in [1.165, 1.54) is 6.07 Å². The highest BCUT2D eigenvalue weighted by atomic mass is 16.7. The van der Waals surface area contributed by atoms with Gasteiger partial charge in [-0.2, -0.15) is 0 Å². The van der Waals surface area contributed by atoms with Crippen LogP contribution in [0, 0.1) is 5.92 Å². The van der Waals surface area contributed by atoms with Crippen molar-refractivity contribution in [3.63, 3.8) is 0 Å². The number of hydrogen-bond donors (Lipinski definition) is 1. The minimum absolute atomic E-state index is 0.0673. The number of unbranched alkanes of at least 4 members (excludes halogenated alkanes) is 1. The van der Waals surface area contributed by atoms with E-state index >= 15 is 0 Å². The van der Waals surface area contributed by atoms with E-state index < -0.39 is 17.9 Å². The number of likely N-dealkylation sites (tertiary alicyclic amines) is 1. The molecular weight excluding hydrogens is 512 g/mol. The van der Waals surface area contributed by atoms with Crippen LogP contribution in [0.2, 0.25) is 0 Å². The average Bonchev–Trinajstić information content (AvgIpc) is 3.57. The number of carboxylic acids is 1. The lowest BCUT2D eigenvalue weighted by molar-refractivity contribution is -0.377. The number of pyridine rings is 2. The minimum atomic E-state index is -0.927. The number of H-pyrrole nitrogens is 1. The Morgan fingerprint density at radius 3 is 2.73 bits per heavy atom. The van der Waals surface area contributed by atoms with Gasteiger partial charge in [-0.05, 0) is 42.7 Å². The van der Waals surface area contributed by atoms with E-state index in [4.69, 9.17) is 9.47 Å². The van der Waals surface area contributed by atoms with Gasteiger partial charge in [0, 0.05) is 49.9 Å². The lowest BCUT2D eigenvalue weighted by Crippen LogP contribution is -2.45. The van der Waals surface area contributed by atoms with Gasteiger partial charge in [-0.25, -0.2) is 4.98 Å². The SMILES string of the molecule is CCCCN(C(=O)CN1C[C@H](c2ccc3c(c2)OCO3)[C@@H](C(=O)O)[C@@H]1CCn1ccccc1=O)c1ccc[nH+]c1. The second-order valence-corrected chi connectivity index (χ2v) is 10.3. The lowest BCUT2D eigenvalue weighted by Gasteiger charge is -2.29. The van der Waals surface area contributed by atoms with Crippen molar-refractivity contribution in [3.8, 4) is 11.5 Å². The van der Waals surface area contributed by atoms with Crippen LogP contribution < -0.4 is 24.9 Å². The normalized spacial score (nSPS) is 20.0. The van der Waals surface area contributed by atoms with E-state index in [1.54, 1.807) is 46.3 Å². The standard InChI is InChI=1S/C30H34N4O6/c1-2-3-14-34(22-7-6-12-31-17-22)28(36)19-33-18-23(21-9-10-25-26(16-21)40-20-39-25)29(30(37)38)24(33)11-15-32-13-5-4-8-27(32)35/h4-10,12-13,16-17,23-24,29H,2-3,11,14-15,18-20H2,1H3,(H,37,38)/p+1/t23-,24+,29-/m1/s1. The van der Waals surface area contributed by atoms with Gasteiger partial charge in [0.25, 0.3) is 0 Å². The number of carboxylic acid groups (broad SMARTS) is 1. The number of ether oxygens (including phenoxy) is 2. The molecule has 1 saturated heterocycles. The summed E-state index contributed by atoms with van der Waals surface area (Å²) in [6.07, 6.45) is 7.48. The Morgan fingerprint density at radius 1 is 1.12 bits per heavy atom. The number of carbonyl (C=O) groups is 2. The predicted molar refractivity (Wildman–Crippen MR) is 147 cm³/mol. The molecule has 0 saturated carbocycles. The van der Waals surface area contributed by atoms with Crippen LogP contribution in [0.4, 0.5) is 5.69 Å². The minimum Gasteiger partial charge on any atom is -0.481 e. The Morgan fingerprint density at radius 2 is 1.98 bits per heavy atom. The van der Waals surface area contributed by atoms with Gasteiger partial charge in [0.2, 0.25) is 18.3 Å². The maximum Gasteiger partial charge on any atom is 0.308 e. The number of nitrogens with zero attached hydrogens (tertiary/aromatic N) is 3. The van der Waals surface area contributed by atoms with Crippen LogP contribution >= 0.6 is 0 Å². The molecule has 10 nitrogen and oxygen atoms in total. The molecule has 4 heterocycles. The second kappa shape index (κ2) is 12.3. The monoisotopic (exact) mass is 547 g/mol. The fourth-order valence-electron chi connectivity index (χ4n) is 5.78. The van der Waals surface area contributed by atoms with Crippen LogP contribution in [0.3, 0.4) is 0 Å². The zero-order valence-corrected chi connectivity index (χ0v) is 22.6. The van der Waals surface area contributed by atoms with E-state index in [1.807, 2.05) is 29.2 Å². The third kappa shape index (κ3) is 5.86. The van der Waals surface area contributed by atoms with Gasteiger partial charge >= 0.3 is 5.97 Å². The molecule has 210 valence electrons. The number of aliphatic carboxylic acids is 1.